The van der Waals surface area contributed by atoms with Crippen LogP contribution in [0.25, 0.3) is 0 Å². The first-order chi connectivity index (χ1) is 14.6. The van der Waals surface area contributed by atoms with Gasteiger partial charge < -0.3 is 19.3 Å². The first-order valence-electron chi connectivity index (χ1n) is 10.2. The highest BCUT2D eigenvalue weighted by Crippen LogP contribution is 2.38. The van der Waals surface area contributed by atoms with E-state index in [1.165, 1.54) is 12.1 Å². The molecule has 0 spiro atoms. The Morgan fingerprint density at radius 1 is 0.933 bits per heavy atom. The minimum absolute atomic E-state index is 0.141. The molecule has 0 bridgehead atoms. The van der Waals surface area contributed by atoms with Crippen molar-refractivity contribution in [3.63, 3.8) is 0 Å². The van der Waals surface area contributed by atoms with E-state index in [4.69, 9.17) is 14.2 Å². The van der Waals surface area contributed by atoms with Crippen LogP contribution in [0.1, 0.15) is 17.5 Å². The molecule has 2 aromatic carbocycles. The lowest BCUT2D eigenvalue weighted by atomic mass is 10.1. The number of ether oxygens (including phenoxy) is 3. The molecule has 1 fully saturated rings. The lowest BCUT2D eigenvalue weighted by Crippen LogP contribution is -2.52. The van der Waals surface area contributed by atoms with Crippen LogP contribution in [0.15, 0.2) is 36.4 Å². The molecule has 3 rings (SSSR count). The Hall–Kier alpha value is -2.35. The highest BCUT2D eigenvalue weighted by molar-refractivity contribution is 5.53. The predicted molar refractivity (Wildman–Crippen MR) is 114 cm³/mol. The van der Waals surface area contributed by atoms with Gasteiger partial charge in [-0.15, -0.1) is 0 Å². The molecule has 1 saturated heterocycles. The topological polar surface area (TPSA) is 54.4 Å². The minimum Gasteiger partial charge on any atom is -0.493 e. The van der Waals surface area contributed by atoms with Crippen molar-refractivity contribution in [1.29, 1.82) is 0 Å². The fourth-order valence-corrected chi connectivity index (χ4v) is 4.04. The van der Waals surface area contributed by atoms with Gasteiger partial charge in [0.25, 0.3) is 0 Å². The molecule has 2 aromatic rings. The van der Waals surface area contributed by atoms with E-state index in [2.05, 4.69) is 9.80 Å². The lowest BCUT2D eigenvalue weighted by Gasteiger charge is -2.41. The molecule has 0 saturated carbocycles. The van der Waals surface area contributed by atoms with Gasteiger partial charge in [-0.2, -0.15) is 0 Å². The van der Waals surface area contributed by atoms with Crippen molar-refractivity contribution in [2.24, 2.45) is 0 Å². The molecular weight excluding hydrogens is 387 g/mol. The standard InChI is InChI=1S/C23H31FN2O4/c1-28-21-12-18(13-22(29-2)23(21)30-3)14-25-9-10-26(20(16-25)8-11-27)15-17-4-6-19(24)7-5-17/h4-7,12-13,20,27H,8-11,14-16H2,1-3H3. The average Bonchev–Trinajstić information content (AvgIpc) is 2.76. The molecule has 0 radical (unpaired) electrons. The fraction of sp³-hybridized carbons (Fsp3) is 0.478. The van der Waals surface area contributed by atoms with Crippen LogP contribution in [-0.2, 0) is 13.1 Å². The summed E-state index contributed by atoms with van der Waals surface area (Å²) in [4.78, 5) is 4.75. The summed E-state index contributed by atoms with van der Waals surface area (Å²) < 4.78 is 29.5. The van der Waals surface area contributed by atoms with Crippen LogP contribution >= 0.6 is 0 Å². The third-order valence-corrected chi connectivity index (χ3v) is 5.58. The second kappa shape index (κ2) is 10.6. The number of benzene rings is 2. The summed E-state index contributed by atoms with van der Waals surface area (Å²) in [6, 6.07) is 10.8. The van der Waals surface area contributed by atoms with Gasteiger partial charge in [0, 0.05) is 45.4 Å². The zero-order valence-electron chi connectivity index (χ0n) is 17.9. The number of halogens is 1. The SMILES string of the molecule is COc1cc(CN2CCN(Cc3ccc(F)cc3)C(CCO)C2)cc(OC)c1OC. The van der Waals surface area contributed by atoms with Gasteiger partial charge in [0.1, 0.15) is 5.82 Å². The third kappa shape index (κ3) is 5.41. The van der Waals surface area contributed by atoms with E-state index in [1.54, 1.807) is 21.3 Å². The number of hydrogen-bond acceptors (Lipinski definition) is 6. The highest BCUT2D eigenvalue weighted by Gasteiger charge is 2.27. The van der Waals surface area contributed by atoms with E-state index in [-0.39, 0.29) is 18.5 Å². The summed E-state index contributed by atoms with van der Waals surface area (Å²) in [7, 11) is 4.83. The largest absolute Gasteiger partial charge is 0.493 e. The molecule has 30 heavy (non-hydrogen) atoms. The number of rotatable bonds is 9. The minimum atomic E-state index is -0.221. The molecule has 164 valence electrons. The molecule has 1 aliphatic rings. The maximum Gasteiger partial charge on any atom is 0.203 e. The molecule has 0 aliphatic carbocycles. The third-order valence-electron chi connectivity index (χ3n) is 5.58. The fourth-order valence-electron chi connectivity index (χ4n) is 4.04. The summed E-state index contributed by atoms with van der Waals surface area (Å²) in [5, 5.41) is 9.57. The van der Waals surface area contributed by atoms with Crippen molar-refractivity contribution >= 4 is 0 Å². The summed E-state index contributed by atoms with van der Waals surface area (Å²) in [6.07, 6.45) is 0.701. The Kier molecular flexibility index (Phi) is 7.90. The number of piperazine rings is 1. The van der Waals surface area contributed by atoms with Gasteiger partial charge in [0.15, 0.2) is 11.5 Å². The van der Waals surface area contributed by atoms with Crippen molar-refractivity contribution in [3.05, 3.63) is 53.3 Å². The first-order valence-corrected chi connectivity index (χ1v) is 10.2. The summed E-state index contributed by atoms with van der Waals surface area (Å²) in [5.74, 6) is 1.66. The molecule has 0 aromatic heterocycles. The Morgan fingerprint density at radius 2 is 1.60 bits per heavy atom. The van der Waals surface area contributed by atoms with Crippen molar-refractivity contribution in [2.45, 2.75) is 25.6 Å². The van der Waals surface area contributed by atoms with E-state index >= 15 is 0 Å². The van der Waals surface area contributed by atoms with E-state index in [0.717, 1.165) is 43.9 Å². The van der Waals surface area contributed by atoms with Crippen LogP contribution in [0.3, 0.4) is 0 Å². The van der Waals surface area contributed by atoms with Gasteiger partial charge in [0.2, 0.25) is 5.75 Å². The maximum absolute atomic E-state index is 13.2. The second-order valence-electron chi connectivity index (χ2n) is 7.53. The Bertz CT molecular complexity index is 790. The van der Waals surface area contributed by atoms with Crippen LogP contribution < -0.4 is 14.2 Å². The monoisotopic (exact) mass is 418 g/mol. The Labute approximate surface area is 177 Å². The maximum atomic E-state index is 13.2. The summed E-state index contributed by atoms with van der Waals surface area (Å²) in [6.45, 7) is 4.28. The number of aliphatic hydroxyl groups excluding tert-OH is 1. The highest BCUT2D eigenvalue weighted by atomic mass is 19.1. The van der Waals surface area contributed by atoms with Gasteiger partial charge in [-0.25, -0.2) is 4.39 Å². The number of aliphatic hydroxyl groups is 1. The van der Waals surface area contributed by atoms with Gasteiger partial charge in [0.05, 0.1) is 21.3 Å². The predicted octanol–water partition coefficient (Wildman–Crippen LogP) is 2.92. The smallest absolute Gasteiger partial charge is 0.203 e. The van der Waals surface area contributed by atoms with Crippen LogP contribution in [0, 0.1) is 5.82 Å². The van der Waals surface area contributed by atoms with Gasteiger partial charge in [-0.1, -0.05) is 12.1 Å². The molecule has 7 heteroatoms. The zero-order chi connectivity index (χ0) is 21.5. The van der Waals surface area contributed by atoms with Gasteiger partial charge in [-0.05, 0) is 41.8 Å². The van der Waals surface area contributed by atoms with E-state index in [9.17, 15) is 9.50 Å². The Morgan fingerprint density at radius 3 is 2.17 bits per heavy atom. The molecular formula is C23H31FN2O4. The van der Waals surface area contributed by atoms with Crippen molar-refractivity contribution in [2.75, 3.05) is 47.6 Å². The molecule has 1 heterocycles. The van der Waals surface area contributed by atoms with E-state index in [0.29, 0.717) is 23.7 Å². The lowest BCUT2D eigenvalue weighted by molar-refractivity contribution is 0.0499. The van der Waals surface area contributed by atoms with Crippen LogP contribution in [0.4, 0.5) is 4.39 Å². The normalized spacial score (nSPS) is 17.7. The number of nitrogens with zero attached hydrogens (tertiary/aromatic N) is 2. The molecule has 1 atom stereocenters. The van der Waals surface area contributed by atoms with Crippen LogP contribution in [0.2, 0.25) is 0 Å². The van der Waals surface area contributed by atoms with Gasteiger partial charge >= 0.3 is 0 Å². The molecule has 1 N–H and O–H groups in total. The van der Waals surface area contributed by atoms with Crippen LogP contribution in [0.5, 0.6) is 17.2 Å². The second-order valence-corrected chi connectivity index (χ2v) is 7.53. The number of hydrogen-bond donors (Lipinski definition) is 1. The van der Waals surface area contributed by atoms with Gasteiger partial charge in [-0.3, -0.25) is 9.80 Å². The molecule has 1 unspecified atom stereocenters. The summed E-state index contributed by atoms with van der Waals surface area (Å²) in [5.41, 5.74) is 2.16. The van der Waals surface area contributed by atoms with Crippen molar-refractivity contribution in [3.8, 4) is 17.2 Å². The van der Waals surface area contributed by atoms with Crippen molar-refractivity contribution in [1.82, 2.24) is 9.80 Å². The zero-order valence-corrected chi connectivity index (χ0v) is 17.9. The Balaban J connectivity index is 1.69. The summed E-state index contributed by atoms with van der Waals surface area (Å²) >= 11 is 0. The molecule has 1 aliphatic heterocycles. The van der Waals surface area contributed by atoms with E-state index < -0.39 is 0 Å². The average molecular weight is 419 g/mol. The number of methoxy groups -OCH3 is 3. The molecule has 0 amide bonds. The van der Waals surface area contributed by atoms with Crippen molar-refractivity contribution < 1.29 is 23.7 Å². The van der Waals surface area contributed by atoms with Crippen LogP contribution in [-0.4, -0.2) is 68.5 Å². The first kappa shape index (κ1) is 22.3. The molecule has 6 nitrogen and oxygen atoms in total. The quantitative estimate of drug-likeness (QED) is 0.676. The van der Waals surface area contributed by atoms with E-state index in [1.807, 2.05) is 24.3 Å².